The van der Waals surface area contributed by atoms with E-state index in [9.17, 15) is 23.5 Å². The van der Waals surface area contributed by atoms with Gasteiger partial charge in [-0.3, -0.25) is 23.7 Å². The Balaban J connectivity index is 1.81. The molecule has 13 heteroatoms. The number of aromatic nitrogens is 4. The van der Waals surface area contributed by atoms with Gasteiger partial charge in [0.25, 0.3) is 11.1 Å². The second-order valence-electron chi connectivity index (χ2n) is 9.47. The quantitative estimate of drug-likeness (QED) is 0.372. The van der Waals surface area contributed by atoms with Crippen molar-refractivity contribution in [2.24, 2.45) is 0 Å². The summed E-state index contributed by atoms with van der Waals surface area (Å²) in [5.74, 6) is -2.16. The summed E-state index contributed by atoms with van der Waals surface area (Å²) in [6.07, 6.45) is 3.68. The standard InChI is InChI=1S/C26H21B2ClF2N4O4/c1-13-11-32-20(34-7-5-6-16(23(34)36)25(3,4)38)10-18(13)35-14(2)8-19(21(29)24(35)37)39-26(27,28)22-17(31)9-15(30)12-33-22/h5-12,38H,1-4H3. The van der Waals surface area contributed by atoms with Crippen LogP contribution in [0.3, 0.4) is 0 Å². The van der Waals surface area contributed by atoms with Gasteiger partial charge in [-0.05, 0) is 45.4 Å². The summed E-state index contributed by atoms with van der Waals surface area (Å²) in [6.45, 7) is 6.28. The molecule has 0 atom stereocenters. The monoisotopic (exact) mass is 548 g/mol. The average molecular weight is 549 g/mol. The maximum absolute atomic E-state index is 14.2. The number of nitrogens with zero attached hydrogens (tertiary/aromatic N) is 4. The van der Waals surface area contributed by atoms with E-state index in [1.165, 1.54) is 53.6 Å². The highest BCUT2D eigenvalue weighted by atomic mass is 35.5. The summed E-state index contributed by atoms with van der Waals surface area (Å²) in [7, 11) is 11.8. The van der Waals surface area contributed by atoms with Gasteiger partial charge in [-0.1, -0.05) is 11.6 Å². The molecule has 0 amide bonds. The topological polar surface area (TPSA) is 99.2 Å². The van der Waals surface area contributed by atoms with Crippen molar-refractivity contribution in [3.05, 3.63) is 109 Å². The van der Waals surface area contributed by atoms with Crippen molar-refractivity contribution in [3.63, 3.8) is 0 Å². The first-order chi connectivity index (χ1) is 18.1. The molecule has 1 N–H and O–H groups in total. The van der Waals surface area contributed by atoms with Crippen LogP contribution < -0.4 is 15.9 Å². The van der Waals surface area contributed by atoms with Crippen LogP contribution in [0.15, 0.2) is 58.5 Å². The van der Waals surface area contributed by atoms with Crippen molar-refractivity contribution in [1.29, 1.82) is 0 Å². The Bertz CT molecular complexity index is 1720. The molecule has 4 aromatic rings. The van der Waals surface area contributed by atoms with E-state index in [1.54, 1.807) is 19.9 Å². The first kappa shape index (κ1) is 28.3. The number of rotatable bonds is 6. The SMILES string of the molecule is [B]C([B])(Oc1cc(C)n(-c2cc(-n3cccc(C(C)(C)O)c3=O)ncc2C)c(=O)c1Cl)c1ncc(F)cc1F. The maximum Gasteiger partial charge on any atom is 0.277 e. The van der Waals surface area contributed by atoms with Crippen LogP contribution in [0.5, 0.6) is 5.75 Å². The van der Waals surface area contributed by atoms with Crippen molar-refractivity contribution < 1.29 is 18.6 Å². The number of aryl methyl sites for hydroxylation is 2. The molecular formula is C26H21B2ClF2N4O4. The Morgan fingerprint density at radius 2 is 1.74 bits per heavy atom. The van der Waals surface area contributed by atoms with Crippen molar-refractivity contribution >= 4 is 27.3 Å². The highest BCUT2D eigenvalue weighted by Crippen LogP contribution is 2.30. The third kappa shape index (κ3) is 5.39. The number of hydrogen-bond donors (Lipinski definition) is 1. The number of pyridine rings is 4. The Kier molecular flexibility index (Phi) is 7.31. The fraction of sp³-hybridized carbons (Fsp3) is 0.231. The number of hydrogen-bond acceptors (Lipinski definition) is 6. The van der Waals surface area contributed by atoms with E-state index in [-0.39, 0.29) is 17.1 Å². The first-order valence-electron chi connectivity index (χ1n) is 11.5. The molecule has 4 heterocycles. The molecule has 4 rings (SSSR count). The van der Waals surface area contributed by atoms with Crippen LogP contribution in [0.2, 0.25) is 5.02 Å². The molecule has 0 saturated carbocycles. The number of halogens is 3. The molecule has 4 radical (unpaired) electrons. The van der Waals surface area contributed by atoms with Crippen LogP contribution in [0, 0.1) is 25.5 Å². The second kappa shape index (κ2) is 10.1. The normalized spacial score (nSPS) is 12.0. The highest BCUT2D eigenvalue weighted by Gasteiger charge is 2.29. The van der Waals surface area contributed by atoms with E-state index in [2.05, 4.69) is 9.97 Å². The molecule has 0 saturated heterocycles. The molecule has 0 aliphatic heterocycles. The molecule has 0 aliphatic rings. The molecule has 0 aromatic carbocycles. The minimum atomic E-state index is -2.39. The lowest BCUT2D eigenvalue weighted by atomic mass is 9.62. The summed E-state index contributed by atoms with van der Waals surface area (Å²) >= 11 is 6.34. The maximum atomic E-state index is 14.2. The lowest BCUT2D eigenvalue weighted by molar-refractivity contribution is 0.0767. The van der Waals surface area contributed by atoms with Crippen LogP contribution in [0.25, 0.3) is 11.5 Å². The molecular weight excluding hydrogens is 527 g/mol. The summed E-state index contributed by atoms with van der Waals surface area (Å²) < 4.78 is 35.5. The van der Waals surface area contributed by atoms with E-state index in [4.69, 9.17) is 32.0 Å². The van der Waals surface area contributed by atoms with Crippen LogP contribution >= 0.6 is 11.6 Å². The van der Waals surface area contributed by atoms with Crippen molar-refractivity contribution in [2.75, 3.05) is 0 Å². The van der Waals surface area contributed by atoms with Gasteiger partial charge in [-0.15, -0.1) is 0 Å². The predicted octanol–water partition coefficient (Wildman–Crippen LogP) is 3.08. The Hall–Kier alpha value is -3.76. The summed E-state index contributed by atoms with van der Waals surface area (Å²) in [4.78, 5) is 34.3. The van der Waals surface area contributed by atoms with E-state index in [0.29, 0.717) is 29.2 Å². The predicted molar refractivity (Wildman–Crippen MR) is 143 cm³/mol. The molecule has 0 aliphatic carbocycles. The first-order valence-corrected chi connectivity index (χ1v) is 11.9. The van der Waals surface area contributed by atoms with E-state index >= 15 is 0 Å². The van der Waals surface area contributed by atoms with Gasteiger partial charge in [0.1, 0.15) is 49.6 Å². The van der Waals surface area contributed by atoms with E-state index in [1.807, 2.05) is 0 Å². The van der Waals surface area contributed by atoms with Gasteiger partial charge in [-0.25, -0.2) is 13.8 Å². The van der Waals surface area contributed by atoms with Crippen LogP contribution in [-0.2, 0) is 11.0 Å². The van der Waals surface area contributed by atoms with Gasteiger partial charge < -0.3 is 9.84 Å². The zero-order valence-corrected chi connectivity index (χ0v) is 22.1. The van der Waals surface area contributed by atoms with E-state index in [0.717, 1.165) is 0 Å². The van der Waals surface area contributed by atoms with Gasteiger partial charge in [-0.2, -0.15) is 0 Å². The van der Waals surface area contributed by atoms with Crippen molar-refractivity contribution in [3.8, 4) is 17.3 Å². The molecule has 196 valence electrons. The van der Waals surface area contributed by atoms with Crippen LogP contribution in [0.4, 0.5) is 8.78 Å². The summed E-state index contributed by atoms with van der Waals surface area (Å²) in [6, 6.07) is 6.53. The lowest BCUT2D eigenvalue weighted by Crippen LogP contribution is -2.37. The fourth-order valence-electron chi connectivity index (χ4n) is 4.00. The van der Waals surface area contributed by atoms with Gasteiger partial charge >= 0.3 is 0 Å². The largest absolute Gasteiger partial charge is 0.499 e. The molecule has 0 bridgehead atoms. The zero-order valence-electron chi connectivity index (χ0n) is 21.4. The highest BCUT2D eigenvalue weighted by molar-refractivity contribution is 6.39. The molecule has 8 nitrogen and oxygen atoms in total. The van der Waals surface area contributed by atoms with Crippen LogP contribution in [0.1, 0.15) is 36.4 Å². The van der Waals surface area contributed by atoms with Gasteiger partial charge in [0.2, 0.25) is 0 Å². The summed E-state index contributed by atoms with van der Waals surface area (Å²) in [5, 5.41) is 7.54. The molecule has 0 spiro atoms. The number of ether oxygens (including phenoxy) is 1. The smallest absolute Gasteiger partial charge is 0.277 e. The van der Waals surface area contributed by atoms with Gasteiger partial charge in [0.15, 0.2) is 0 Å². The van der Waals surface area contributed by atoms with Crippen molar-refractivity contribution in [1.82, 2.24) is 19.1 Å². The minimum Gasteiger partial charge on any atom is -0.499 e. The average Bonchev–Trinajstić information content (AvgIpc) is 2.82. The third-order valence-corrected chi connectivity index (χ3v) is 6.26. The van der Waals surface area contributed by atoms with Crippen LogP contribution in [-0.4, -0.2) is 39.9 Å². The number of aliphatic hydroxyl groups is 1. The Labute approximate surface area is 229 Å². The fourth-order valence-corrected chi connectivity index (χ4v) is 4.18. The summed E-state index contributed by atoms with van der Waals surface area (Å²) in [5.41, 5.74) is -1.80. The van der Waals surface area contributed by atoms with E-state index < -0.39 is 44.5 Å². The lowest BCUT2D eigenvalue weighted by Gasteiger charge is -2.28. The van der Waals surface area contributed by atoms with Crippen molar-refractivity contribution in [2.45, 2.75) is 38.7 Å². The van der Waals surface area contributed by atoms with Gasteiger partial charge in [0, 0.05) is 41.9 Å². The Morgan fingerprint density at radius 1 is 1.05 bits per heavy atom. The third-order valence-electron chi connectivity index (χ3n) is 5.91. The van der Waals surface area contributed by atoms with Gasteiger partial charge in [0.05, 0.1) is 22.9 Å². The minimum absolute atomic E-state index is 0.158. The molecule has 4 aromatic heterocycles. The Morgan fingerprint density at radius 3 is 2.38 bits per heavy atom. The molecule has 39 heavy (non-hydrogen) atoms. The molecule has 0 fully saturated rings. The second-order valence-corrected chi connectivity index (χ2v) is 9.85. The zero-order chi connectivity index (χ0) is 28.9. The molecule has 0 unspecified atom stereocenters.